The van der Waals surface area contributed by atoms with E-state index in [4.69, 9.17) is 4.74 Å². The summed E-state index contributed by atoms with van der Waals surface area (Å²) in [5.74, 6) is 0. The second kappa shape index (κ2) is 11.1. The number of hydrogen-bond acceptors (Lipinski definition) is 1. The molecule has 0 aliphatic carbocycles. The molecule has 2 aromatic carbocycles. The van der Waals surface area contributed by atoms with Crippen molar-refractivity contribution in [3.05, 3.63) is 77.4 Å². The maximum atomic E-state index is 6.27. The molecule has 0 amide bonds. The lowest BCUT2D eigenvalue weighted by Crippen LogP contribution is -2.11. The van der Waals surface area contributed by atoms with Gasteiger partial charge in [0.15, 0.2) is 0 Å². The molecule has 0 spiro atoms. The van der Waals surface area contributed by atoms with Crippen LogP contribution in [0, 0.1) is 0 Å². The van der Waals surface area contributed by atoms with Crippen LogP contribution in [0.4, 0.5) is 0 Å². The van der Waals surface area contributed by atoms with Gasteiger partial charge < -0.3 is 4.74 Å². The van der Waals surface area contributed by atoms with Crippen LogP contribution < -0.4 is 0 Å². The van der Waals surface area contributed by atoms with Gasteiger partial charge in [-0.05, 0) is 28.5 Å². The first-order valence-electron chi connectivity index (χ1n) is 10.4. The zero-order valence-electron chi connectivity index (χ0n) is 17.6. The Morgan fingerprint density at radius 2 is 1.59 bits per heavy atom. The fourth-order valence-electron chi connectivity index (χ4n) is 3.22. The van der Waals surface area contributed by atoms with Crippen molar-refractivity contribution in [2.24, 2.45) is 0 Å². The van der Waals surface area contributed by atoms with E-state index in [-0.39, 0.29) is 11.5 Å². The Balaban J connectivity index is 1.98. The lowest BCUT2D eigenvalue weighted by atomic mass is 9.86. The van der Waals surface area contributed by atoms with Gasteiger partial charge in [-0.2, -0.15) is 0 Å². The van der Waals surface area contributed by atoms with Crippen LogP contribution in [0.1, 0.15) is 82.6 Å². The summed E-state index contributed by atoms with van der Waals surface area (Å²) in [6.45, 7) is 9.68. The Morgan fingerprint density at radius 1 is 0.889 bits per heavy atom. The molecule has 27 heavy (non-hydrogen) atoms. The minimum Gasteiger partial charge on any atom is -0.369 e. The number of rotatable bonds is 10. The Hall–Kier alpha value is -1.86. The van der Waals surface area contributed by atoms with Crippen LogP contribution in [-0.4, -0.2) is 6.61 Å². The van der Waals surface area contributed by atoms with Gasteiger partial charge in [0.1, 0.15) is 0 Å². The summed E-state index contributed by atoms with van der Waals surface area (Å²) >= 11 is 0. The molecule has 1 atom stereocenters. The Morgan fingerprint density at radius 3 is 2.22 bits per heavy atom. The van der Waals surface area contributed by atoms with Gasteiger partial charge >= 0.3 is 0 Å². The summed E-state index contributed by atoms with van der Waals surface area (Å²) in [7, 11) is 0. The molecule has 2 aromatic rings. The highest BCUT2D eigenvalue weighted by Crippen LogP contribution is 2.28. The summed E-state index contributed by atoms with van der Waals surface area (Å²) in [6.07, 6.45) is 10.6. The summed E-state index contributed by atoms with van der Waals surface area (Å²) < 4.78 is 6.27. The molecule has 0 unspecified atom stereocenters. The van der Waals surface area contributed by atoms with Crippen LogP contribution in [-0.2, 0) is 10.2 Å². The molecule has 1 heteroatoms. The third kappa shape index (κ3) is 7.72. The summed E-state index contributed by atoms with van der Waals surface area (Å²) in [5, 5.41) is 0. The first-order chi connectivity index (χ1) is 13.0. The highest BCUT2D eigenvalue weighted by atomic mass is 16.5. The van der Waals surface area contributed by atoms with Crippen LogP contribution in [0.5, 0.6) is 0 Å². The minimum absolute atomic E-state index is 0.177. The second-order valence-electron chi connectivity index (χ2n) is 8.36. The zero-order chi connectivity index (χ0) is 19.5. The molecule has 146 valence electrons. The molecule has 2 rings (SSSR count). The van der Waals surface area contributed by atoms with Crippen molar-refractivity contribution >= 4 is 6.08 Å². The van der Waals surface area contributed by atoms with Gasteiger partial charge in [0.05, 0.1) is 12.7 Å². The third-order valence-electron chi connectivity index (χ3n) is 4.97. The fraction of sp³-hybridized carbons (Fsp3) is 0.462. The predicted molar refractivity (Wildman–Crippen MR) is 118 cm³/mol. The largest absolute Gasteiger partial charge is 0.369 e. The SMILES string of the molecule is CCCCCC[C@H](OC/C=C/c1ccccc1)c1ccc(C(C)(C)C)cc1. The normalized spacial score (nSPS) is 13.2. The number of hydrogen-bond donors (Lipinski definition) is 0. The van der Waals surface area contributed by atoms with E-state index < -0.39 is 0 Å². The molecule has 0 aliphatic heterocycles. The lowest BCUT2D eigenvalue weighted by Gasteiger charge is -2.22. The van der Waals surface area contributed by atoms with Crippen molar-refractivity contribution in [2.45, 2.75) is 71.3 Å². The van der Waals surface area contributed by atoms with E-state index in [0.29, 0.717) is 6.61 Å². The van der Waals surface area contributed by atoms with Crippen molar-refractivity contribution in [3.63, 3.8) is 0 Å². The Labute approximate surface area is 166 Å². The lowest BCUT2D eigenvalue weighted by molar-refractivity contribution is 0.0655. The zero-order valence-corrected chi connectivity index (χ0v) is 17.6. The van der Waals surface area contributed by atoms with Crippen molar-refractivity contribution in [1.29, 1.82) is 0 Å². The molecular formula is C26H36O. The standard InChI is InChI=1S/C26H36O/c1-5-6-7-11-16-25(23-17-19-24(20-18-23)26(2,3)4)27-21-12-15-22-13-9-8-10-14-22/h8-10,12-15,17-20,25H,5-7,11,16,21H2,1-4H3/b15-12+/t25-/m0/s1. The van der Waals surface area contributed by atoms with Gasteiger partial charge in [0.25, 0.3) is 0 Å². The first kappa shape index (κ1) is 21.4. The van der Waals surface area contributed by atoms with E-state index >= 15 is 0 Å². The van der Waals surface area contributed by atoms with Gasteiger partial charge in [-0.1, -0.05) is 120 Å². The quantitative estimate of drug-likeness (QED) is 0.392. The molecule has 0 heterocycles. The second-order valence-corrected chi connectivity index (χ2v) is 8.36. The van der Waals surface area contributed by atoms with Gasteiger partial charge in [-0.15, -0.1) is 0 Å². The predicted octanol–water partition coefficient (Wildman–Crippen LogP) is 7.73. The molecule has 0 fully saturated rings. The average molecular weight is 365 g/mol. The van der Waals surface area contributed by atoms with Crippen molar-refractivity contribution < 1.29 is 4.74 Å². The molecule has 0 aromatic heterocycles. The molecule has 0 N–H and O–H groups in total. The van der Waals surface area contributed by atoms with Gasteiger partial charge in [-0.3, -0.25) is 0 Å². The van der Waals surface area contributed by atoms with Crippen molar-refractivity contribution in [1.82, 2.24) is 0 Å². The summed E-state index contributed by atoms with van der Waals surface area (Å²) in [4.78, 5) is 0. The number of benzene rings is 2. The molecule has 1 nitrogen and oxygen atoms in total. The minimum atomic E-state index is 0.177. The van der Waals surface area contributed by atoms with E-state index in [0.717, 1.165) is 6.42 Å². The van der Waals surface area contributed by atoms with E-state index in [9.17, 15) is 0 Å². The van der Waals surface area contributed by atoms with Crippen LogP contribution in [0.2, 0.25) is 0 Å². The molecule has 0 bridgehead atoms. The van der Waals surface area contributed by atoms with Crippen LogP contribution in [0.25, 0.3) is 6.08 Å². The summed E-state index contributed by atoms with van der Waals surface area (Å²) in [5.41, 5.74) is 4.08. The number of ether oxygens (including phenoxy) is 1. The highest BCUT2D eigenvalue weighted by Gasteiger charge is 2.16. The van der Waals surface area contributed by atoms with E-state index in [1.54, 1.807) is 0 Å². The number of unbranched alkanes of at least 4 members (excludes halogenated alkanes) is 3. The average Bonchev–Trinajstić information content (AvgIpc) is 2.67. The molecule has 0 saturated carbocycles. The Bertz CT molecular complexity index is 662. The van der Waals surface area contributed by atoms with Gasteiger partial charge in [0, 0.05) is 0 Å². The van der Waals surface area contributed by atoms with E-state index in [2.05, 4.69) is 88.4 Å². The molecule has 0 saturated heterocycles. The smallest absolute Gasteiger partial charge is 0.0829 e. The third-order valence-corrected chi connectivity index (χ3v) is 4.97. The van der Waals surface area contributed by atoms with Crippen molar-refractivity contribution in [2.75, 3.05) is 6.61 Å². The monoisotopic (exact) mass is 364 g/mol. The van der Waals surface area contributed by atoms with Crippen LogP contribution in [0.15, 0.2) is 60.7 Å². The Kier molecular flexibility index (Phi) is 8.81. The van der Waals surface area contributed by atoms with Crippen LogP contribution in [0.3, 0.4) is 0 Å². The van der Waals surface area contributed by atoms with Gasteiger partial charge in [0.2, 0.25) is 0 Å². The van der Waals surface area contributed by atoms with E-state index in [1.807, 2.05) is 6.07 Å². The summed E-state index contributed by atoms with van der Waals surface area (Å²) in [6, 6.07) is 19.4. The van der Waals surface area contributed by atoms with E-state index in [1.165, 1.54) is 42.4 Å². The molecular weight excluding hydrogens is 328 g/mol. The maximum absolute atomic E-state index is 6.27. The fourth-order valence-corrected chi connectivity index (χ4v) is 3.22. The molecule has 0 aliphatic rings. The maximum Gasteiger partial charge on any atom is 0.0829 e. The van der Waals surface area contributed by atoms with Gasteiger partial charge in [-0.25, -0.2) is 0 Å². The highest BCUT2D eigenvalue weighted by molar-refractivity contribution is 5.48. The molecule has 0 radical (unpaired) electrons. The van der Waals surface area contributed by atoms with Crippen molar-refractivity contribution in [3.8, 4) is 0 Å². The topological polar surface area (TPSA) is 9.23 Å². The van der Waals surface area contributed by atoms with Crippen LogP contribution >= 0.6 is 0 Å². The first-order valence-corrected chi connectivity index (χ1v) is 10.4.